The maximum atomic E-state index is 12.0. The van der Waals surface area contributed by atoms with Crippen LogP contribution in [0.15, 0.2) is 24.3 Å². The van der Waals surface area contributed by atoms with E-state index in [1.807, 2.05) is 0 Å². The van der Waals surface area contributed by atoms with Gasteiger partial charge in [0.2, 0.25) is 15.9 Å². The molecule has 0 aliphatic rings. The lowest BCUT2D eigenvalue weighted by atomic mass is 9.92. The van der Waals surface area contributed by atoms with E-state index >= 15 is 0 Å². The monoisotopic (exact) mass is 316 g/mol. The molecule has 1 aromatic carbocycles. The highest BCUT2D eigenvalue weighted by molar-refractivity contribution is 7.92. The maximum absolute atomic E-state index is 12.0. The van der Waals surface area contributed by atoms with E-state index < -0.39 is 34.6 Å². The number of sulfonamides is 1. The predicted molar refractivity (Wildman–Crippen MR) is 80.4 cm³/mol. The number of aliphatic hydroxyl groups excluding tert-OH is 2. The van der Waals surface area contributed by atoms with Gasteiger partial charge < -0.3 is 15.5 Å². The van der Waals surface area contributed by atoms with E-state index in [0.29, 0.717) is 11.4 Å². The Kier molecular flexibility index (Phi) is 5.70. The molecule has 0 spiro atoms. The molecule has 8 heteroatoms. The summed E-state index contributed by atoms with van der Waals surface area (Å²) in [6, 6.07) is 6.18. The van der Waals surface area contributed by atoms with Crippen LogP contribution in [0.2, 0.25) is 0 Å². The number of carbonyl (C=O) groups is 1. The van der Waals surface area contributed by atoms with Gasteiger partial charge in [-0.1, -0.05) is 6.07 Å². The molecule has 4 N–H and O–H groups in total. The van der Waals surface area contributed by atoms with Crippen LogP contribution in [0.5, 0.6) is 0 Å². The van der Waals surface area contributed by atoms with E-state index in [2.05, 4.69) is 10.0 Å². The number of hydrogen-bond acceptors (Lipinski definition) is 5. The lowest BCUT2D eigenvalue weighted by Crippen LogP contribution is -2.39. The van der Waals surface area contributed by atoms with Crippen molar-refractivity contribution in [3.63, 3.8) is 0 Å². The summed E-state index contributed by atoms with van der Waals surface area (Å²) in [5, 5.41) is 20.9. The minimum atomic E-state index is -3.40. The highest BCUT2D eigenvalue weighted by Crippen LogP contribution is 2.21. The van der Waals surface area contributed by atoms with Crippen LogP contribution in [0.4, 0.5) is 11.4 Å². The van der Waals surface area contributed by atoms with Gasteiger partial charge in [0.25, 0.3) is 0 Å². The molecule has 0 radical (unpaired) electrons. The van der Waals surface area contributed by atoms with Crippen molar-refractivity contribution in [1.29, 1.82) is 0 Å². The first-order chi connectivity index (χ1) is 9.76. The Morgan fingerprint density at radius 2 is 1.81 bits per heavy atom. The topological polar surface area (TPSA) is 116 Å². The van der Waals surface area contributed by atoms with Gasteiger partial charge in [-0.05, 0) is 32.0 Å². The minimum absolute atomic E-state index is 0.0588. The van der Waals surface area contributed by atoms with E-state index in [4.69, 9.17) is 10.2 Å². The van der Waals surface area contributed by atoms with E-state index in [1.165, 1.54) is 19.9 Å². The van der Waals surface area contributed by atoms with Crippen molar-refractivity contribution in [2.45, 2.75) is 13.8 Å². The summed E-state index contributed by atoms with van der Waals surface area (Å²) in [6.45, 7) is 1.93. The fourth-order valence-electron chi connectivity index (χ4n) is 1.39. The Balaban J connectivity index is 2.89. The molecule has 0 aliphatic heterocycles. The van der Waals surface area contributed by atoms with Crippen LogP contribution in [-0.4, -0.2) is 43.5 Å². The molecular weight excluding hydrogens is 296 g/mol. The first-order valence-electron chi connectivity index (χ1n) is 6.40. The molecule has 0 saturated heterocycles. The summed E-state index contributed by atoms with van der Waals surface area (Å²) in [5.41, 5.74) is -0.618. The number of hydrogen-bond donors (Lipinski definition) is 4. The summed E-state index contributed by atoms with van der Waals surface area (Å²) in [4.78, 5) is 12.0. The Hall–Kier alpha value is -1.64. The van der Waals surface area contributed by atoms with Gasteiger partial charge in [-0.25, -0.2) is 8.42 Å². The molecular formula is C13H20N2O5S. The molecule has 0 bridgehead atoms. The number of benzene rings is 1. The summed E-state index contributed by atoms with van der Waals surface area (Å²) >= 11 is 0. The molecule has 0 aliphatic carbocycles. The van der Waals surface area contributed by atoms with E-state index in [0.717, 1.165) is 0 Å². The first kappa shape index (κ1) is 17.4. The highest BCUT2D eigenvalue weighted by atomic mass is 32.2. The van der Waals surface area contributed by atoms with E-state index in [1.54, 1.807) is 18.2 Å². The zero-order chi connectivity index (χ0) is 16.1. The van der Waals surface area contributed by atoms with Gasteiger partial charge in [0, 0.05) is 5.69 Å². The second kappa shape index (κ2) is 6.88. The smallest absolute Gasteiger partial charge is 0.234 e. The van der Waals surface area contributed by atoms with Gasteiger partial charge in [-0.2, -0.15) is 0 Å². The normalized spacial score (nSPS) is 12.0. The molecule has 0 aromatic heterocycles. The molecule has 1 aromatic rings. The molecule has 1 amide bonds. The fourth-order valence-corrected chi connectivity index (χ4v) is 2.02. The van der Waals surface area contributed by atoms with Gasteiger partial charge in [-0.15, -0.1) is 0 Å². The Labute approximate surface area is 124 Å². The van der Waals surface area contributed by atoms with Crippen molar-refractivity contribution >= 4 is 27.3 Å². The Morgan fingerprint density at radius 1 is 1.24 bits per heavy atom. The van der Waals surface area contributed by atoms with Crippen LogP contribution in [0.3, 0.4) is 0 Å². The van der Waals surface area contributed by atoms with Crippen LogP contribution in [0.25, 0.3) is 0 Å². The third kappa shape index (κ3) is 4.69. The average molecular weight is 316 g/mol. The summed E-state index contributed by atoms with van der Waals surface area (Å²) in [7, 11) is -3.40. The minimum Gasteiger partial charge on any atom is -0.395 e. The molecule has 0 heterocycles. The first-order valence-corrected chi connectivity index (χ1v) is 8.05. The number of rotatable bonds is 7. The molecule has 1 rings (SSSR count). The summed E-state index contributed by atoms with van der Waals surface area (Å²) < 4.78 is 25.3. The van der Waals surface area contributed by atoms with E-state index in [9.17, 15) is 13.2 Å². The van der Waals surface area contributed by atoms with Gasteiger partial charge >= 0.3 is 0 Å². The van der Waals surface area contributed by atoms with Crippen molar-refractivity contribution in [1.82, 2.24) is 0 Å². The maximum Gasteiger partial charge on any atom is 0.234 e. The zero-order valence-electron chi connectivity index (χ0n) is 12.0. The van der Waals surface area contributed by atoms with Crippen LogP contribution in [-0.2, 0) is 14.8 Å². The molecule has 7 nitrogen and oxygen atoms in total. The lowest BCUT2D eigenvalue weighted by molar-refractivity contribution is -0.129. The van der Waals surface area contributed by atoms with Gasteiger partial charge in [0.05, 0.1) is 30.1 Å². The SMILES string of the molecule is CCS(=O)(=O)Nc1cccc(NC(=O)C(C)(CO)CO)c1. The van der Waals surface area contributed by atoms with Crippen LogP contribution < -0.4 is 10.0 Å². The number of amides is 1. The van der Waals surface area contributed by atoms with Crippen molar-refractivity contribution in [3.8, 4) is 0 Å². The lowest BCUT2D eigenvalue weighted by Gasteiger charge is -2.23. The zero-order valence-corrected chi connectivity index (χ0v) is 12.8. The number of nitrogens with one attached hydrogen (secondary N) is 2. The number of aliphatic hydroxyl groups is 2. The van der Waals surface area contributed by atoms with Gasteiger partial charge in [0.1, 0.15) is 0 Å². The van der Waals surface area contributed by atoms with Crippen LogP contribution >= 0.6 is 0 Å². The van der Waals surface area contributed by atoms with Crippen molar-refractivity contribution in [2.75, 3.05) is 29.0 Å². The average Bonchev–Trinajstić information content (AvgIpc) is 2.46. The third-order valence-electron chi connectivity index (χ3n) is 3.02. The molecule has 0 saturated carbocycles. The predicted octanol–water partition coefficient (Wildman–Crippen LogP) is 0.378. The second-order valence-corrected chi connectivity index (χ2v) is 6.93. The Bertz CT molecular complexity index is 596. The number of anilines is 2. The highest BCUT2D eigenvalue weighted by Gasteiger charge is 2.31. The summed E-state index contributed by atoms with van der Waals surface area (Å²) in [5.74, 6) is -0.612. The molecule has 0 fully saturated rings. The summed E-state index contributed by atoms with van der Waals surface area (Å²) in [6.07, 6.45) is 0. The van der Waals surface area contributed by atoms with E-state index in [-0.39, 0.29) is 5.75 Å². The molecule has 0 unspecified atom stereocenters. The van der Waals surface area contributed by atoms with Crippen LogP contribution in [0.1, 0.15) is 13.8 Å². The molecule has 0 atom stereocenters. The fraction of sp³-hybridized carbons (Fsp3) is 0.462. The van der Waals surface area contributed by atoms with Crippen LogP contribution in [0, 0.1) is 5.41 Å². The molecule has 21 heavy (non-hydrogen) atoms. The number of carbonyl (C=O) groups excluding carboxylic acids is 1. The largest absolute Gasteiger partial charge is 0.395 e. The standard InChI is InChI=1S/C13H20N2O5S/c1-3-21(19,20)15-11-6-4-5-10(7-11)14-12(18)13(2,8-16)9-17/h4-7,15-17H,3,8-9H2,1-2H3,(H,14,18). The third-order valence-corrected chi connectivity index (χ3v) is 4.33. The Morgan fingerprint density at radius 3 is 2.33 bits per heavy atom. The van der Waals surface area contributed by atoms with Crippen molar-refractivity contribution < 1.29 is 23.4 Å². The van der Waals surface area contributed by atoms with Crippen molar-refractivity contribution in [3.05, 3.63) is 24.3 Å². The molecule has 118 valence electrons. The second-order valence-electron chi connectivity index (χ2n) is 4.92. The van der Waals surface area contributed by atoms with Gasteiger partial charge in [0.15, 0.2) is 0 Å². The van der Waals surface area contributed by atoms with Gasteiger partial charge in [-0.3, -0.25) is 9.52 Å². The van der Waals surface area contributed by atoms with Crippen molar-refractivity contribution in [2.24, 2.45) is 5.41 Å². The quantitative estimate of drug-likeness (QED) is 0.580.